The highest BCUT2D eigenvalue weighted by atomic mass is 32.2. The van der Waals surface area contributed by atoms with E-state index in [4.69, 9.17) is 0 Å². The summed E-state index contributed by atoms with van der Waals surface area (Å²) in [6, 6.07) is 0. The molecule has 0 aliphatic carbocycles. The second-order valence-corrected chi connectivity index (χ2v) is 7.43. The first-order valence-corrected chi connectivity index (χ1v) is 8.05. The number of aryl methyl sites for hydroxylation is 1. The van der Waals surface area contributed by atoms with Gasteiger partial charge in [-0.2, -0.15) is 0 Å². The van der Waals surface area contributed by atoms with E-state index in [1.54, 1.807) is 4.90 Å². The highest BCUT2D eigenvalue weighted by Crippen LogP contribution is 2.11. The predicted octanol–water partition coefficient (Wildman–Crippen LogP) is 0.251. The molecule has 1 amide bonds. The minimum Gasteiger partial charge on any atom is -0.340 e. The van der Waals surface area contributed by atoms with E-state index in [0.717, 1.165) is 10.7 Å². The van der Waals surface area contributed by atoms with Crippen molar-refractivity contribution < 1.29 is 13.2 Å². The van der Waals surface area contributed by atoms with E-state index >= 15 is 0 Å². The van der Waals surface area contributed by atoms with Gasteiger partial charge in [0.15, 0.2) is 9.84 Å². The van der Waals surface area contributed by atoms with Gasteiger partial charge in [0.05, 0.1) is 28.6 Å². The van der Waals surface area contributed by atoms with Crippen LogP contribution in [0.2, 0.25) is 0 Å². The Bertz CT molecular complexity index is 507. The van der Waals surface area contributed by atoms with E-state index in [1.807, 2.05) is 12.3 Å². The van der Waals surface area contributed by atoms with Crippen LogP contribution in [0.3, 0.4) is 0 Å². The van der Waals surface area contributed by atoms with Crippen molar-refractivity contribution in [3.63, 3.8) is 0 Å². The molecule has 1 aromatic heterocycles. The normalized spacial score (nSPS) is 19.2. The maximum Gasteiger partial charge on any atom is 0.228 e. The van der Waals surface area contributed by atoms with Crippen molar-refractivity contribution in [1.29, 1.82) is 0 Å². The number of aromatic nitrogens is 1. The van der Waals surface area contributed by atoms with Crippen molar-refractivity contribution in [3.8, 4) is 0 Å². The van der Waals surface area contributed by atoms with Crippen molar-refractivity contribution >= 4 is 27.1 Å². The van der Waals surface area contributed by atoms with E-state index in [1.165, 1.54) is 11.3 Å². The van der Waals surface area contributed by atoms with Crippen LogP contribution < -0.4 is 0 Å². The molecule has 0 bridgehead atoms. The lowest BCUT2D eigenvalue weighted by Crippen LogP contribution is -2.44. The predicted molar refractivity (Wildman–Crippen MR) is 65.8 cm³/mol. The fourth-order valence-corrected chi connectivity index (χ4v) is 3.53. The molecule has 1 saturated heterocycles. The molecule has 1 aromatic rings. The van der Waals surface area contributed by atoms with Crippen LogP contribution in [0.1, 0.15) is 10.7 Å². The number of sulfone groups is 1. The standard InChI is InChI=1S/C10H14N2O3S2/c1-8-11-9(7-16-8)6-10(13)12-2-4-17(14,15)5-3-12/h7H,2-6H2,1H3. The molecule has 94 valence electrons. The molecule has 0 N–H and O–H groups in total. The van der Waals surface area contributed by atoms with Crippen molar-refractivity contribution in [2.24, 2.45) is 0 Å². The van der Waals surface area contributed by atoms with E-state index in [2.05, 4.69) is 4.98 Å². The number of nitrogens with zero attached hydrogens (tertiary/aromatic N) is 2. The Morgan fingerprint density at radius 1 is 1.47 bits per heavy atom. The van der Waals surface area contributed by atoms with Crippen molar-refractivity contribution in [3.05, 3.63) is 16.1 Å². The van der Waals surface area contributed by atoms with Gasteiger partial charge >= 0.3 is 0 Å². The van der Waals surface area contributed by atoms with E-state index < -0.39 is 9.84 Å². The summed E-state index contributed by atoms with van der Waals surface area (Å²) in [5.74, 6) is 0.120. The molecule has 0 saturated carbocycles. The minimum atomic E-state index is -2.93. The molecule has 1 aliphatic rings. The van der Waals surface area contributed by atoms with Gasteiger partial charge in [0.2, 0.25) is 5.91 Å². The summed E-state index contributed by atoms with van der Waals surface area (Å²) in [6.45, 7) is 2.51. The molecule has 1 fully saturated rings. The number of thiazole rings is 1. The Morgan fingerprint density at radius 3 is 2.65 bits per heavy atom. The summed E-state index contributed by atoms with van der Waals surface area (Å²) in [5.41, 5.74) is 0.769. The fourth-order valence-electron chi connectivity index (χ4n) is 1.72. The highest BCUT2D eigenvalue weighted by molar-refractivity contribution is 7.91. The molecule has 0 spiro atoms. The summed E-state index contributed by atoms with van der Waals surface area (Å²) in [7, 11) is -2.93. The third-order valence-electron chi connectivity index (χ3n) is 2.70. The smallest absolute Gasteiger partial charge is 0.228 e. The van der Waals surface area contributed by atoms with Crippen LogP contribution in [0.4, 0.5) is 0 Å². The Morgan fingerprint density at radius 2 is 2.12 bits per heavy atom. The van der Waals surface area contributed by atoms with Crippen LogP contribution in [0.25, 0.3) is 0 Å². The SMILES string of the molecule is Cc1nc(CC(=O)N2CCS(=O)(=O)CC2)cs1. The van der Waals surface area contributed by atoms with E-state index in [9.17, 15) is 13.2 Å². The van der Waals surface area contributed by atoms with Gasteiger partial charge in [-0.25, -0.2) is 13.4 Å². The molecule has 2 heterocycles. The zero-order chi connectivity index (χ0) is 12.5. The first-order chi connectivity index (χ1) is 7.96. The fraction of sp³-hybridized carbons (Fsp3) is 0.600. The Hall–Kier alpha value is -0.950. The van der Waals surface area contributed by atoms with Crippen LogP contribution in [0, 0.1) is 6.92 Å². The summed E-state index contributed by atoms with van der Waals surface area (Å²) in [6.07, 6.45) is 0.268. The number of amides is 1. The molecule has 0 atom stereocenters. The topological polar surface area (TPSA) is 67.3 Å². The van der Waals surface area contributed by atoms with Crippen LogP contribution >= 0.6 is 11.3 Å². The lowest BCUT2D eigenvalue weighted by atomic mass is 10.3. The molecule has 5 nitrogen and oxygen atoms in total. The lowest BCUT2D eigenvalue weighted by Gasteiger charge is -2.26. The van der Waals surface area contributed by atoms with Crippen LogP contribution in [0.5, 0.6) is 0 Å². The highest BCUT2D eigenvalue weighted by Gasteiger charge is 2.25. The number of rotatable bonds is 2. The van der Waals surface area contributed by atoms with Crippen molar-refractivity contribution in [2.45, 2.75) is 13.3 Å². The molecule has 0 aromatic carbocycles. The summed E-state index contributed by atoms with van der Waals surface area (Å²) in [5, 5.41) is 2.81. The molecule has 17 heavy (non-hydrogen) atoms. The van der Waals surface area contributed by atoms with Gasteiger partial charge in [0.25, 0.3) is 0 Å². The monoisotopic (exact) mass is 274 g/mol. The van der Waals surface area contributed by atoms with Gasteiger partial charge < -0.3 is 4.90 Å². The average molecular weight is 274 g/mol. The number of hydrogen-bond acceptors (Lipinski definition) is 5. The van der Waals surface area contributed by atoms with Gasteiger partial charge in [-0.3, -0.25) is 4.79 Å². The van der Waals surface area contributed by atoms with Gasteiger partial charge in [-0.1, -0.05) is 0 Å². The van der Waals surface area contributed by atoms with Gasteiger partial charge in [-0.05, 0) is 6.92 Å². The van der Waals surface area contributed by atoms with E-state index in [-0.39, 0.29) is 23.8 Å². The van der Waals surface area contributed by atoms with Crippen LogP contribution in [-0.4, -0.2) is 48.8 Å². The first kappa shape index (κ1) is 12.5. The maximum atomic E-state index is 11.9. The Labute approximate surface area is 104 Å². The molecule has 0 unspecified atom stereocenters. The zero-order valence-corrected chi connectivity index (χ0v) is 11.2. The molecule has 0 radical (unpaired) electrons. The number of hydrogen-bond donors (Lipinski definition) is 0. The molecular formula is C10H14N2O3S2. The molecule has 1 aliphatic heterocycles. The second kappa shape index (κ2) is 4.73. The summed E-state index contributed by atoms with van der Waals surface area (Å²) in [4.78, 5) is 17.7. The number of carbonyl (C=O) groups is 1. The van der Waals surface area contributed by atoms with Gasteiger partial charge in [0, 0.05) is 18.5 Å². The van der Waals surface area contributed by atoms with Crippen molar-refractivity contribution in [1.82, 2.24) is 9.88 Å². The zero-order valence-electron chi connectivity index (χ0n) is 9.55. The third kappa shape index (κ3) is 3.26. The average Bonchev–Trinajstić information content (AvgIpc) is 2.63. The molecule has 7 heteroatoms. The quantitative estimate of drug-likeness (QED) is 0.775. The summed E-state index contributed by atoms with van der Waals surface area (Å²) >= 11 is 1.52. The minimum absolute atomic E-state index is 0.0369. The largest absolute Gasteiger partial charge is 0.340 e. The first-order valence-electron chi connectivity index (χ1n) is 5.35. The third-order valence-corrected chi connectivity index (χ3v) is 5.13. The maximum absolute atomic E-state index is 11.9. The Kier molecular flexibility index (Phi) is 3.48. The van der Waals surface area contributed by atoms with E-state index in [0.29, 0.717) is 13.1 Å². The molecule has 2 rings (SSSR count). The molecular weight excluding hydrogens is 260 g/mol. The van der Waals surface area contributed by atoms with Crippen LogP contribution in [-0.2, 0) is 21.1 Å². The Balaban J connectivity index is 1.93. The second-order valence-electron chi connectivity index (χ2n) is 4.07. The number of carbonyl (C=O) groups excluding carboxylic acids is 1. The van der Waals surface area contributed by atoms with Crippen LogP contribution in [0.15, 0.2) is 5.38 Å². The van der Waals surface area contributed by atoms with Gasteiger partial charge in [0.1, 0.15) is 0 Å². The summed E-state index contributed by atoms with van der Waals surface area (Å²) < 4.78 is 22.5. The van der Waals surface area contributed by atoms with Crippen molar-refractivity contribution in [2.75, 3.05) is 24.6 Å². The lowest BCUT2D eigenvalue weighted by molar-refractivity contribution is -0.130. The van der Waals surface area contributed by atoms with Gasteiger partial charge in [-0.15, -0.1) is 11.3 Å².